The van der Waals surface area contributed by atoms with Crippen molar-refractivity contribution < 1.29 is 19.4 Å². The van der Waals surface area contributed by atoms with Gasteiger partial charge in [-0.3, -0.25) is 4.79 Å². The van der Waals surface area contributed by atoms with Crippen LogP contribution >= 0.6 is 0 Å². The number of hydrogen-bond acceptors (Lipinski definition) is 3. The van der Waals surface area contributed by atoms with Crippen molar-refractivity contribution in [3.63, 3.8) is 0 Å². The zero-order valence-electron chi connectivity index (χ0n) is 12.7. The predicted molar refractivity (Wildman–Crippen MR) is 80.7 cm³/mol. The van der Waals surface area contributed by atoms with E-state index in [1.165, 1.54) is 38.9 Å². The molecule has 1 aromatic carbocycles. The number of amides is 1. The third-order valence-electron chi connectivity index (χ3n) is 4.92. The maximum absolute atomic E-state index is 12.2. The van der Waals surface area contributed by atoms with Crippen LogP contribution in [0.5, 0.6) is 5.75 Å². The fourth-order valence-electron chi connectivity index (χ4n) is 3.71. The van der Waals surface area contributed by atoms with Gasteiger partial charge in [0.2, 0.25) is 5.91 Å². The van der Waals surface area contributed by atoms with Crippen LogP contribution in [0.15, 0.2) is 18.2 Å². The number of carbonyl (C=O) groups is 2. The van der Waals surface area contributed by atoms with Crippen molar-refractivity contribution in [2.45, 2.75) is 32.2 Å². The van der Waals surface area contributed by atoms with E-state index in [1.807, 2.05) is 0 Å². The van der Waals surface area contributed by atoms with E-state index in [9.17, 15) is 9.59 Å². The van der Waals surface area contributed by atoms with Crippen LogP contribution < -0.4 is 10.1 Å². The lowest BCUT2D eigenvalue weighted by Gasteiger charge is -2.09. The number of hydrogen-bond donors (Lipinski definition) is 2. The Balaban J connectivity index is 1.59. The molecule has 2 aliphatic carbocycles. The molecule has 0 aromatic heterocycles. The van der Waals surface area contributed by atoms with E-state index in [0.29, 0.717) is 24.1 Å². The lowest BCUT2D eigenvalue weighted by Crippen LogP contribution is -2.25. The Labute approximate surface area is 129 Å². The molecule has 0 unspecified atom stereocenters. The number of methoxy groups -OCH3 is 1. The third kappa shape index (κ3) is 2.80. The first-order valence-corrected chi connectivity index (χ1v) is 7.79. The van der Waals surface area contributed by atoms with Gasteiger partial charge in [-0.1, -0.05) is 18.9 Å². The SMILES string of the molecule is COc1cc(CNC(=O)C2[C@H]3CCCC[C@H]23)ccc1C(=O)O. The highest BCUT2D eigenvalue weighted by atomic mass is 16.5. The van der Waals surface area contributed by atoms with E-state index in [4.69, 9.17) is 9.84 Å². The van der Waals surface area contributed by atoms with Crippen LogP contribution in [0, 0.1) is 17.8 Å². The minimum absolute atomic E-state index is 0.130. The van der Waals surface area contributed by atoms with Gasteiger partial charge in [-0.05, 0) is 42.4 Å². The van der Waals surface area contributed by atoms with Gasteiger partial charge >= 0.3 is 5.97 Å². The summed E-state index contributed by atoms with van der Waals surface area (Å²) in [5.74, 6) is 0.824. The number of ether oxygens (including phenoxy) is 1. The average Bonchev–Trinajstić information content (AvgIpc) is 3.26. The largest absolute Gasteiger partial charge is 0.496 e. The molecule has 0 aliphatic heterocycles. The first-order valence-electron chi connectivity index (χ1n) is 7.79. The fraction of sp³-hybridized carbons (Fsp3) is 0.529. The highest BCUT2D eigenvalue weighted by Crippen LogP contribution is 2.55. The zero-order valence-corrected chi connectivity index (χ0v) is 12.7. The maximum atomic E-state index is 12.2. The van der Waals surface area contributed by atoms with Gasteiger partial charge in [0.05, 0.1) is 7.11 Å². The number of rotatable bonds is 5. The first kappa shape index (κ1) is 14.9. The molecular weight excluding hydrogens is 282 g/mol. The van der Waals surface area contributed by atoms with Crippen LogP contribution in [0.1, 0.15) is 41.6 Å². The molecule has 2 N–H and O–H groups in total. The number of fused-ring (bicyclic) bond motifs is 1. The minimum Gasteiger partial charge on any atom is -0.496 e. The molecule has 0 radical (unpaired) electrons. The van der Waals surface area contributed by atoms with E-state index in [2.05, 4.69) is 5.32 Å². The Morgan fingerprint density at radius 3 is 2.55 bits per heavy atom. The highest BCUT2D eigenvalue weighted by Gasteiger charge is 2.54. The van der Waals surface area contributed by atoms with Crippen LogP contribution in [-0.4, -0.2) is 24.1 Å². The molecule has 5 nitrogen and oxygen atoms in total. The van der Waals surface area contributed by atoms with Crippen molar-refractivity contribution in [2.24, 2.45) is 17.8 Å². The molecule has 0 bridgehead atoms. The molecule has 3 rings (SSSR count). The number of carboxylic acids is 1. The molecule has 1 aromatic rings. The smallest absolute Gasteiger partial charge is 0.339 e. The molecule has 2 atom stereocenters. The number of aromatic carboxylic acids is 1. The molecule has 0 heterocycles. The maximum Gasteiger partial charge on any atom is 0.339 e. The van der Waals surface area contributed by atoms with Crippen molar-refractivity contribution in [2.75, 3.05) is 7.11 Å². The number of nitrogens with one attached hydrogen (secondary N) is 1. The highest BCUT2D eigenvalue weighted by molar-refractivity contribution is 5.91. The van der Waals surface area contributed by atoms with Crippen LogP contribution in [0.3, 0.4) is 0 Å². The van der Waals surface area contributed by atoms with E-state index in [-0.39, 0.29) is 17.4 Å². The Morgan fingerprint density at radius 1 is 1.27 bits per heavy atom. The van der Waals surface area contributed by atoms with Gasteiger partial charge in [0, 0.05) is 12.5 Å². The standard InChI is InChI=1S/C17H21NO4/c1-22-14-8-10(6-7-13(14)17(20)21)9-18-16(19)15-11-4-2-3-5-12(11)15/h6-8,11-12,15H,2-5,9H2,1H3,(H,18,19)(H,20,21)/t11-,12-/m0/s1. The van der Waals surface area contributed by atoms with Crippen LogP contribution in [0.4, 0.5) is 0 Å². The van der Waals surface area contributed by atoms with Gasteiger partial charge < -0.3 is 15.2 Å². The van der Waals surface area contributed by atoms with Crippen molar-refractivity contribution >= 4 is 11.9 Å². The summed E-state index contributed by atoms with van der Waals surface area (Å²) in [5.41, 5.74) is 0.976. The van der Waals surface area contributed by atoms with E-state index >= 15 is 0 Å². The Hall–Kier alpha value is -2.04. The molecule has 2 fully saturated rings. The van der Waals surface area contributed by atoms with Crippen molar-refractivity contribution in [3.05, 3.63) is 29.3 Å². The Bertz CT molecular complexity index is 586. The monoisotopic (exact) mass is 303 g/mol. The van der Waals surface area contributed by atoms with Crippen LogP contribution in [-0.2, 0) is 11.3 Å². The van der Waals surface area contributed by atoms with Gasteiger partial charge in [0.1, 0.15) is 11.3 Å². The molecule has 22 heavy (non-hydrogen) atoms. The molecule has 5 heteroatoms. The van der Waals surface area contributed by atoms with Gasteiger partial charge in [-0.15, -0.1) is 0 Å². The normalized spacial score (nSPS) is 26.0. The fourth-order valence-corrected chi connectivity index (χ4v) is 3.71. The summed E-state index contributed by atoms with van der Waals surface area (Å²) in [7, 11) is 1.44. The molecule has 2 aliphatic rings. The molecule has 0 saturated heterocycles. The molecule has 1 amide bonds. The quantitative estimate of drug-likeness (QED) is 0.876. The predicted octanol–water partition coefficient (Wildman–Crippen LogP) is 2.45. The Morgan fingerprint density at radius 2 is 1.95 bits per heavy atom. The lowest BCUT2D eigenvalue weighted by atomic mass is 10.0. The van der Waals surface area contributed by atoms with Gasteiger partial charge in [0.25, 0.3) is 0 Å². The lowest BCUT2D eigenvalue weighted by molar-refractivity contribution is -0.123. The second-order valence-electron chi connectivity index (χ2n) is 6.20. The van der Waals surface area contributed by atoms with Crippen LogP contribution in [0.25, 0.3) is 0 Å². The summed E-state index contributed by atoms with van der Waals surface area (Å²) in [5, 5.41) is 12.0. The van der Waals surface area contributed by atoms with E-state index in [1.54, 1.807) is 12.1 Å². The van der Waals surface area contributed by atoms with Crippen LogP contribution in [0.2, 0.25) is 0 Å². The molecule has 118 valence electrons. The van der Waals surface area contributed by atoms with Gasteiger partial charge in [-0.2, -0.15) is 0 Å². The summed E-state index contributed by atoms with van der Waals surface area (Å²) in [6.07, 6.45) is 4.87. The second kappa shape index (κ2) is 5.99. The second-order valence-corrected chi connectivity index (χ2v) is 6.20. The van der Waals surface area contributed by atoms with Gasteiger partial charge in [-0.25, -0.2) is 4.79 Å². The van der Waals surface area contributed by atoms with Crippen molar-refractivity contribution in [1.82, 2.24) is 5.32 Å². The van der Waals surface area contributed by atoms with Crippen molar-refractivity contribution in [1.29, 1.82) is 0 Å². The number of benzene rings is 1. The average molecular weight is 303 g/mol. The zero-order chi connectivity index (χ0) is 15.7. The summed E-state index contributed by atoms with van der Waals surface area (Å²) in [6, 6.07) is 4.90. The summed E-state index contributed by atoms with van der Waals surface area (Å²) in [4.78, 5) is 23.3. The third-order valence-corrected chi connectivity index (χ3v) is 4.92. The summed E-state index contributed by atoms with van der Waals surface area (Å²) in [6.45, 7) is 0.408. The minimum atomic E-state index is -1.02. The number of carboxylic acid groups (broad SMARTS) is 1. The topological polar surface area (TPSA) is 75.6 Å². The Kier molecular flexibility index (Phi) is 4.05. The van der Waals surface area contributed by atoms with Crippen molar-refractivity contribution in [3.8, 4) is 5.75 Å². The van der Waals surface area contributed by atoms with E-state index < -0.39 is 5.97 Å². The van der Waals surface area contributed by atoms with E-state index in [0.717, 1.165) is 5.56 Å². The molecule has 2 saturated carbocycles. The van der Waals surface area contributed by atoms with Gasteiger partial charge in [0.15, 0.2) is 0 Å². The summed E-state index contributed by atoms with van der Waals surface area (Å²) >= 11 is 0. The summed E-state index contributed by atoms with van der Waals surface area (Å²) < 4.78 is 5.10. The molecular formula is C17H21NO4. The number of carbonyl (C=O) groups excluding carboxylic acids is 1. The first-order chi connectivity index (χ1) is 10.6. The molecule has 0 spiro atoms.